The molecule has 2 aromatic rings. The molecule has 1 aromatic heterocycles. The van der Waals surface area contributed by atoms with E-state index in [1.807, 2.05) is 0 Å². The van der Waals surface area contributed by atoms with E-state index in [-0.39, 0.29) is 37.8 Å². The van der Waals surface area contributed by atoms with Gasteiger partial charge in [-0.3, -0.25) is 19.2 Å². The molecule has 0 aliphatic carbocycles. The number of aromatic nitrogens is 2. The van der Waals surface area contributed by atoms with E-state index in [9.17, 15) is 36.7 Å². The van der Waals surface area contributed by atoms with Crippen molar-refractivity contribution in [1.82, 2.24) is 20.2 Å². The number of hydrogen-bond acceptors (Lipinski definition) is 8. The molecular weight excluding hydrogens is 540 g/mol. The lowest BCUT2D eigenvalue weighted by atomic mass is 9.95. The van der Waals surface area contributed by atoms with Crippen LogP contribution in [-0.2, 0) is 19.1 Å². The number of amides is 2. The predicted octanol–water partition coefficient (Wildman–Crippen LogP) is 2.75. The largest absolute Gasteiger partial charge is 0.479 e. The number of nitrogens with one attached hydrogen (secondary N) is 1. The summed E-state index contributed by atoms with van der Waals surface area (Å²) in [7, 11) is 0. The number of carbonyl (C=O) groups excluding carboxylic acids is 4. The summed E-state index contributed by atoms with van der Waals surface area (Å²) in [5, 5.41) is 2.43. The second-order valence-corrected chi connectivity index (χ2v) is 10.0. The van der Waals surface area contributed by atoms with Crippen molar-refractivity contribution in [3.8, 4) is 5.75 Å². The lowest BCUT2D eigenvalue weighted by molar-refractivity contribution is -0.156. The molecule has 1 aliphatic heterocycles. The van der Waals surface area contributed by atoms with E-state index in [1.165, 1.54) is 17.3 Å². The van der Waals surface area contributed by atoms with E-state index in [1.54, 1.807) is 26.8 Å². The topological polar surface area (TPSA) is 128 Å². The fraction of sp³-hybridized carbons (Fsp3) is 0.462. The van der Waals surface area contributed by atoms with Gasteiger partial charge in [0.1, 0.15) is 18.2 Å². The van der Waals surface area contributed by atoms with Crippen molar-refractivity contribution >= 4 is 23.6 Å². The number of nitrogens with zero attached hydrogens (tertiary/aromatic N) is 3. The number of Topliss-reactive ketones (excluding diaryl/α,β-unsaturated/α-hetero) is 1. The Hall–Kier alpha value is -4.10. The summed E-state index contributed by atoms with van der Waals surface area (Å²) >= 11 is 0. The molecule has 0 unspecified atom stereocenters. The fourth-order valence-electron chi connectivity index (χ4n) is 3.90. The molecule has 0 radical (unpaired) electrons. The van der Waals surface area contributed by atoms with Crippen molar-refractivity contribution in [1.29, 1.82) is 0 Å². The van der Waals surface area contributed by atoms with Crippen LogP contribution in [0.2, 0.25) is 0 Å². The highest BCUT2D eigenvalue weighted by atomic mass is 19.2. The molecule has 1 fully saturated rings. The maximum atomic E-state index is 13.9. The molecule has 10 nitrogen and oxygen atoms in total. The number of rotatable bonds is 9. The van der Waals surface area contributed by atoms with E-state index in [0.29, 0.717) is 0 Å². The minimum Gasteiger partial charge on any atom is -0.479 e. The Balaban J connectivity index is 1.67. The molecule has 0 bridgehead atoms. The molecular formula is C26H28F4N4O6. The molecule has 216 valence electrons. The summed E-state index contributed by atoms with van der Waals surface area (Å²) in [4.78, 5) is 60.2. The number of ketones is 1. The summed E-state index contributed by atoms with van der Waals surface area (Å²) in [6.07, 6.45) is 2.68. The van der Waals surface area contributed by atoms with Gasteiger partial charge >= 0.3 is 5.97 Å². The first-order valence-electron chi connectivity index (χ1n) is 12.3. The van der Waals surface area contributed by atoms with Crippen LogP contribution < -0.4 is 10.1 Å². The number of benzene rings is 1. The summed E-state index contributed by atoms with van der Waals surface area (Å²) in [6.45, 7) is 4.04. The molecule has 1 atom stereocenters. The highest BCUT2D eigenvalue weighted by molar-refractivity contribution is 5.94. The number of likely N-dealkylation sites (tertiary alicyclic amines) is 1. The zero-order valence-corrected chi connectivity index (χ0v) is 22.0. The third-order valence-corrected chi connectivity index (χ3v) is 5.84. The van der Waals surface area contributed by atoms with Gasteiger partial charge in [-0.25, -0.2) is 18.7 Å². The predicted molar refractivity (Wildman–Crippen MR) is 130 cm³/mol. The zero-order chi connectivity index (χ0) is 29.6. The number of halogens is 4. The van der Waals surface area contributed by atoms with Crippen LogP contribution in [0.25, 0.3) is 0 Å². The summed E-state index contributed by atoms with van der Waals surface area (Å²) in [6, 6.07) is 0.0113. The summed E-state index contributed by atoms with van der Waals surface area (Å²) < 4.78 is 64.8. The van der Waals surface area contributed by atoms with Gasteiger partial charge in [-0.15, -0.1) is 0 Å². The van der Waals surface area contributed by atoms with Gasteiger partial charge in [-0.05, 0) is 39.7 Å². The van der Waals surface area contributed by atoms with Crippen LogP contribution in [0.5, 0.6) is 5.75 Å². The molecule has 0 saturated carbocycles. The Bertz CT molecular complexity index is 1240. The minimum atomic E-state index is -1.85. The van der Waals surface area contributed by atoms with E-state index in [2.05, 4.69) is 15.3 Å². The number of hydrogen-bond donors (Lipinski definition) is 1. The molecule has 14 heteroatoms. The number of esters is 1. The lowest BCUT2D eigenvalue weighted by Gasteiger charge is -2.31. The van der Waals surface area contributed by atoms with Gasteiger partial charge in [0.2, 0.25) is 23.4 Å². The molecule has 1 aromatic carbocycles. The van der Waals surface area contributed by atoms with Crippen molar-refractivity contribution in [2.75, 3.05) is 19.7 Å². The van der Waals surface area contributed by atoms with Crippen LogP contribution in [0.4, 0.5) is 17.6 Å². The number of piperidine rings is 1. The summed E-state index contributed by atoms with van der Waals surface area (Å²) in [5.74, 6) is -12.1. The Kier molecular flexibility index (Phi) is 9.77. The van der Waals surface area contributed by atoms with E-state index >= 15 is 0 Å². The Morgan fingerprint density at radius 1 is 1.02 bits per heavy atom. The molecule has 1 aliphatic rings. The number of ether oxygens (including phenoxy) is 2. The van der Waals surface area contributed by atoms with Crippen LogP contribution in [0, 0.1) is 29.2 Å². The maximum absolute atomic E-state index is 13.9. The average Bonchev–Trinajstić information content (AvgIpc) is 2.90. The van der Waals surface area contributed by atoms with Crippen LogP contribution in [0.1, 0.15) is 50.7 Å². The second-order valence-electron chi connectivity index (χ2n) is 10.0. The second kappa shape index (κ2) is 12.8. The smallest absolute Gasteiger partial charge is 0.308 e. The third-order valence-electron chi connectivity index (χ3n) is 5.84. The van der Waals surface area contributed by atoms with Gasteiger partial charge in [0.25, 0.3) is 5.91 Å². The first kappa shape index (κ1) is 30.4. The van der Waals surface area contributed by atoms with Gasteiger partial charge in [-0.2, -0.15) is 8.78 Å². The van der Waals surface area contributed by atoms with Crippen LogP contribution in [-0.4, -0.2) is 69.8 Å². The standard InChI is InChI=1S/C26H28F4N4O6/c1-26(2,3)40-19(36)12-17(18(35)13-39-22-20(29)15(27)11-16(28)21(22)30)33-24(37)14-5-9-34(10-6-14)25(38)23-31-7-4-8-32-23/h4,7-8,11,14,17H,5-6,9-10,12-13H2,1-3H3,(H,33,37)/t17-/m0/s1. The van der Waals surface area contributed by atoms with E-state index < -0.39 is 83.2 Å². The van der Waals surface area contributed by atoms with Crippen LogP contribution in [0.15, 0.2) is 24.5 Å². The van der Waals surface area contributed by atoms with Crippen molar-refractivity contribution in [2.45, 2.75) is 51.7 Å². The Morgan fingerprint density at radius 2 is 1.60 bits per heavy atom. The highest BCUT2D eigenvalue weighted by Gasteiger charge is 2.33. The van der Waals surface area contributed by atoms with Crippen molar-refractivity contribution < 1.29 is 46.2 Å². The molecule has 0 spiro atoms. The zero-order valence-electron chi connectivity index (χ0n) is 22.0. The van der Waals surface area contributed by atoms with Gasteiger partial charge < -0.3 is 19.7 Å². The Labute approximate surface area is 227 Å². The number of carbonyl (C=O) groups is 4. The molecule has 1 saturated heterocycles. The molecule has 2 amide bonds. The van der Waals surface area contributed by atoms with Gasteiger partial charge in [0.05, 0.1) is 6.42 Å². The first-order chi connectivity index (χ1) is 18.8. The normalized spacial score (nSPS) is 14.8. The monoisotopic (exact) mass is 568 g/mol. The molecule has 40 heavy (non-hydrogen) atoms. The SMILES string of the molecule is CC(C)(C)OC(=O)C[C@H](NC(=O)C1CCN(C(=O)c2ncccn2)CC1)C(=O)COc1c(F)c(F)cc(F)c1F. The lowest BCUT2D eigenvalue weighted by Crippen LogP contribution is -2.49. The highest BCUT2D eigenvalue weighted by Crippen LogP contribution is 2.26. The molecule has 1 N–H and O–H groups in total. The first-order valence-corrected chi connectivity index (χ1v) is 12.3. The van der Waals surface area contributed by atoms with Gasteiger partial charge in [-0.1, -0.05) is 0 Å². The molecule has 3 rings (SSSR count). The Morgan fingerprint density at radius 3 is 2.15 bits per heavy atom. The van der Waals surface area contributed by atoms with Crippen molar-refractivity contribution in [3.05, 3.63) is 53.6 Å². The van der Waals surface area contributed by atoms with Gasteiger partial charge in [0.15, 0.2) is 23.2 Å². The van der Waals surface area contributed by atoms with Crippen molar-refractivity contribution in [3.63, 3.8) is 0 Å². The van der Waals surface area contributed by atoms with Crippen LogP contribution in [0.3, 0.4) is 0 Å². The minimum absolute atomic E-state index is 0.0134. The quantitative estimate of drug-likeness (QED) is 0.278. The van der Waals surface area contributed by atoms with Crippen LogP contribution >= 0.6 is 0 Å². The van der Waals surface area contributed by atoms with E-state index in [4.69, 9.17) is 9.47 Å². The fourth-order valence-corrected chi connectivity index (χ4v) is 3.90. The van der Waals surface area contributed by atoms with E-state index in [0.717, 1.165) is 0 Å². The maximum Gasteiger partial charge on any atom is 0.308 e. The van der Waals surface area contributed by atoms with Crippen molar-refractivity contribution in [2.24, 2.45) is 5.92 Å². The molecule has 2 heterocycles. The average molecular weight is 569 g/mol. The third kappa shape index (κ3) is 7.96. The van der Waals surface area contributed by atoms with Gasteiger partial charge in [0, 0.05) is 37.5 Å². The summed E-state index contributed by atoms with van der Waals surface area (Å²) in [5.41, 5.74) is -0.918.